The number of piperidine rings is 1. The second-order valence-electron chi connectivity index (χ2n) is 9.85. The van der Waals surface area contributed by atoms with E-state index in [9.17, 15) is 18.0 Å². The number of anilines is 1. The van der Waals surface area contributed by atoms with Crippen LogP contribution in [0, 0.1) is 5.82 Å². The molecule has 0 saturated carbocycles. The number of hydrogen-bond donors (Lipinski definition) is 1. The van der Waals surface area contributed by atoms with Gasteiger partial charge in [0.05, 0.1) is 5.02 Å². The fraction of sp³-hybridized carbons (Fsp3) is 0.300. The summed E-state index contributed by atoms with van der Waals surface area (Å²) >= 11 is 6.14. The van der Waals surface area contributed by atoms with E-state index >= 15 is 4.39 Å². The highest BCUT2D eigenvalue weighted by Gasteiger charge is 2.31. The van der Waals surface area contributed by atoms with Gasteiger partial charge in [-0.3, -0.25) is 4.79 Å². The third-order valence-electron chi connectivity index (χ3n) is 7.33. The van der Waals surface area contributed by atoms with Crippen LogP contribution in [-0.2, 0) is 13.0 Å². The minimum Gasteiger partial charge on any atom is -0.406 e. The Hall–Kier alpha value is -3.72. The Labute approximate surface area is 234 Å². The molecule has 1 fully saturated rings. The summed E-state index contributed by atoms with van der Waals surface area (Å²) in [5.74, 6) is -0.748. The SMILES string of the molecule is CCc1cc2ccc(Cl)cn2c1C(=O)NCc1ccc(N2CCC(c3ccc(OC(F)(F)F)cc3)CC2)cc1F. The molecule has 3 heterocycles. The lowest BCUT2D eigenvalue weighted by molar-refractivity contribution is -0.274. The molecule has 0 aliphatic carbocycles. The van der Waals surface area contributed by atoms with Crippen LogP contribution in [0.1, 0.15) is 52.9 Å². The number of halogens is 5. The predicted molar refractivity (Wildman–Crippen MR) is 147 cm³/mol. The Balaban J connectivity index is 1.19. The lowest BCUT2D eigenvalue weighted by atomic mass is 9.89. The van der Waals surface area contributed by atoms with E-state index < -0.39 is 12.2 Å². The summed E-state index contributed by atoms with van der Waals surface area (Å²) in [7, 11) is 0. The van der Waals surface area contributed by atoms with Crippen molar-refractivity contribution in [1.29, 1.82) is 0 Å². The van der Waals surface area contributed by atoms with Gasteiger partial charge in [0.15, 0.2) is 0 Å². The largest absolute Gasteiger partial charge is 0.573 e. The molecule has 1 aliphatic heterocycles. The van der Waals surface area contributed by atoms with Gasteiger partial charge in [0.25, 0.3) is 5.91 Å². The van der Waals surface area contributed by atoms with E-state index in [1.165, 1.54) is 18.2 Å². The van der Waals surface area contributed by atoms with Crippen LogP contribution in [0.4, 0.5) is 23.2 Å². The van der Waals surface area contributed by atoms with Crippen molar-refractivity contribution in [2.45, 2.75) is 45.0 Å². The van der Waals surface area contributed by atoms with E-state index in [4.69, 9.17) is 11.6 Å². The van der Waals surface area contributed by atoms with Crippen LogP contribution in [0.2, 0.25) is 5.02 Å². The number of hydrogen-bond acceptors (Lipinski definition) is 3. The van der Waals surface area contributed by atoms with Crippen molar-refractivity contribution in [3.05, 3.63) is 100 Å². The van der Waals surface area contributed by atoms with Crippen LogP contribution in [0.3, 0.4) is 0 Å². The minimum atomic E-state index is -4.71. The maximum absolute atomic E-state index is 15.1. The third-order valence-corrected chi connectivity index (χ3v) is 7.55. The van der Waals surface area contributed by atoms with Crippen LogP contribution in [0.25, 0.3) is 5.52 Å². The Morgan fingerprint density at radius 2 is 1.75 bits per heavy atom. The maximum Gasteiger partial charge on any atom is 0.573 e. The topological polar surface area (TPSA) is 46.0 Å². The highest BCUT2D eigenvalue weighted by molar-refractivity contribution is 6.30. The lowest BCUT2D eigenvalue weighted by Gasteiger charge is -2.34. The minimum absolute atomic E-state index is 0.0397. The van der Waals surface area contributed by atoms with Crippen molar-refractivity contribution >= 4 is 28.7 Å². The Morgan fingerprint density at radius 1 is 1.02 bits per heavy atom. The van der Waals surface area contributed by atoms with E-state index in [0.717, 1.165) is 35.2 Å². The van der Waals surface area contributed by atoms with Gasteiger partial charge < -0.3 is 19.4 Å². The van der Waals surface area contributed by atoms with Crippen LogP contribution in [-0.4, -0.2) is 29.8 Å². The number of fused-ring (bicyclic) bond motifs is 1. The molecule has 0 radical (unpaired) electrons. The Bertz CT molecular complexity index is 1510. The van der Waals surface area contributed by atoms with E-state index in [-0.39, 0.29) is 24.1 Å². The molecular formula is C30H28ClF4N3O2. The summed E-state index contributed by atoms with van der Waals surface area (Å²) in [5, 5.41) is 3.35. The molecule has 5 nitrogen and oxygen atoms in total. The number of aryl methyl sites for hydroxylation is 1. The second-order valence-corrected chi connectivity index (χ2v) is 10.3. The van der Waals surface area contributed by atoms with E-state index in [0.29, 0.717) is 35.8 Å². The van der Waals surface area contributed by atoms with Crippen molar-refractivity contribution in [1.82, 2.24) is 9.72 Å². The Kier molecular flexibility index (Phi) is 7.94. The number of amides is 1. The molecule has 0 spiro atoms. The summed E-state index contributed by atoms with van der Waals surface area (Å²) in [6, 6.07) is 16.6. The summed E-state index contributed by atoms with van der Waals surface area (Å²) in [4.78, 5) is 15.2. The van der Waals surface area contributed by atoms with E-state index in [1.807, 2.05) is 25.1 Å². The standard InChI is InChI=1S/C30H28ClF4N3O2/c1-2-19-15-25-8-6-23(31)18-38(25)28(19)29(39)36-17-22-3-7-24(16-27(22)32)37-13-11-21(12-14-37)20-4-9-26(10-5-20)40-30(33,34)35/h3-10,15-16,18,21H,2,11-14,17H2,1H3,(H,36,39). The summed E-state index contributed by atoms with van der Waals surface area (Å²) in [5.41, 5.74) is 4.31. The quantitative estimate of drug-likeness (QED) is 0.233. The molecular weight excluding hydrogens is 546 g/mol. The first-order chi connectivity index (χ1) is 19.1. The highest BCUT2D eigenvalue weighted by atomic mass is 35.5. The third kappa shape index (κ3) is 6.20. The number of benzene rings is 2. The molecule has 1 saturated heterocycles. The molecule has 5 rings (SSSR count). The van der Waals surface area contributed by atoms with Gasteiger partial charge in [0.2, 0.25) is 0 Å². The number of nitrogens with one attached hydrogen (secondary N) is 1. The van der Waals surface area contributed by atoms with Crippen LogP contribution < -0.4 is 15.0 Å². The molecule has 1 N–H and O–H groups in total. The number of carbonyl (C=O) groups is 1. The Morgan fingerprint density at radius 3 is 2.40 bits per heavy atom. The molecule has 1 amide bonds. The molecule has 4 aromatic rings. The molecule has 0 unspecified atom stereocenters. The van der Waals surface area contributed by atoms with Gasteiger partial charge in [0.1, 0.15) is 17.3 Å². The molecule has 10 heteroatoms. The normalized spacial score (nSPS) is 14.5. The fourth-order valence-electron chi connectivity index (χ4n) is 5.27. The maximum atomic E-state index is 15.1. The van der Waals surface area contributed by atoms with Gasteiger partial charge in [-0.25, -0.2) is 4.39 Å². The van der Waals surface area contributed by atoms with Gasteiger partial charge in [0, 0.05) is 42.6 Å². The molecule has 0 bridgehead atoms. The average molecular weight is 574 g/mol. The number of rotatable bonds is 7. The first-order valence-electron chi connectivity index (χ1n) is 13.1. The molecule has 40 heavy (non-hydrogen) atoms. The molecule has 1 aliphatic rings. The molecule has 210 valence electrons. The van der Waals surface area contributed by atoms with E-state index in [2.05, 4.69) is 15.0 Å². The second kappa shape index (κ2) is 11.4. The number of aromatic nitrogens is 1. The summed E-state index contributed by atoms with van der Waals surface area (Å²) < 4.78 is 58.0. The van der Waals surface area contributed by atoms with Crippen molar-refractivity contribution in [3.8, 4) is 5.75 Å². The van der Waals surface area contributed by atoms with Crippen LogP contribution in [0.5, 0.6) is 5.75 Å². The number of pyridine rings is 1. The van der Waals surface area contributed by atoms with Crippen LogP contribution >= 0.6 is 11.6 Å². The van der Waals surface area contributed by atoms with Crippen molar-refractivity contribution in [3.63, 3.8) is 0 Å². The summed E-state index contributed by atoms with van der Waals surface area (Å²) in [6.45, 7) is 3.38. The van der Waals surface area contributed by atoms with E-state index in [1.54, 1.807) is 34.9 Å². The first kappa shape index (κ1) is 27.8. The van der Waals surface area contributed by atoms with Gasteiger partial charge in [-0.05, 0) is 78.8 Å². The number of alkyl halides is 3. The monoisotopic (exact) mass is 573 g/mol. The molecule has 0 atom stereocenters. The van der Waals surface area contributed by atoms with Crippen LogP contribution in [0.15, 0.2) is 66.9 Å². The number of ether oxygens (including phenoxy) is 1. The number of carbonyl (C=O) groups excluding carboxylic acids is 1. The van der Waals surface area contributed by atoms with Gasteiger partial charge in [-0.1, -0.05) is 36.7 Å². The zero-order valence-corrected chi connectivity index (χ0v) is 22.5. The van der Waals surface area contributed by atoms with Crippen molar-refractivity contribution in [2.75, 3.05) is 18.0 Å². The van der Waals surface area contributed by atoms with Gasteiger partial charge in [-0.2, -0.15) is 0 Å². The smallest absolute Gasteiger partial charge is 0.406 e. The zero-order chi connectivity index (χ0) is 28.4. The van der Waals surface area contributed by atoms with Crippen molar-refractivity contribution < 1.29 is 27.1 Å². The first-order valence-corrected chi connectivity index (χ1v) is 13.5. The lowest BCUT2D eigenvalue weighted by Crippen LogP contribution is -2.33. The van der Waals surface area contributed by atoms with Gasteiger partial charge >= 0.3 is 6.36 Å². The predicted octanol–water partition coefficient (Wildman–Crippen LogP) is 7.51. The molecule has 2 aromatic heterocycles. The fourth-order valence-corrected chi connectivity index (χ4v) is 5.43. The highest BCUT2D eigenvalue weighted by Crippen LogP contribution is 2.33. The summed E-state index contributed by atoms with van der Waals surface area (Å²) in [6.07, 6.45) is -0.781. The average Bonchev–Trinajstić information content (AvgIpc) is 3.30. The molecule has 2 aromatic carbocycles. The zero-order valence-electron chi connectivity index (χ0n) is 21.8. The van der Waals surface area contributed by atoms with Gasteiger partial charge in [-0.15, -0.1) is 13.2 Å². The van der Waals surface area contributed by atoms with Crippen molar-refractivity contribution in [2.24, 2.45) is 0 Å². The number of nitrogens with zero attached hydrogens (tertiary/aromatic N) is 2.